The molecule has 2 saturated heterocycles. The molecule has 1 N–H and O–H groups in total. The van der Waals surface area contributed by atoms with Gasteiger partial charge in [0.25, 0.3) is 5.91 Å². The molecule has 0 radical (unpaired) electrons. The summed E-state index contributed by atoms with van der Waals surface area (Å²) in [6.07, 6.45) is 1.02. The number of nitrogens with one attached hydrogen (secondary N) is 1. The van der Waals surface area contributed by atoms with Crippen LogP contribution in [0.3, 0.4) is 0 Å². The fourth-order valence-corrected chi connectivity index (χ4v) is 3.54. The molecule has 6 nitrogen and oxygen atoms in total. The number of methoxy groups -OCH3 is 1. The maximum absolute atomic E-state index is 12.5. The summed E-state index contributed by atoms with van der Waals surface area (Å²) >= 11 is 0. The molecule has 138 valence electrons. The highest BCUT2D eigenvalue weighted by Gasteiger charge is 2.25. The van der Waals surface area contributed by atoms with Gasteiger partial charge in [0.05, 0.1) is 20.3 Å². The lowest BCUT2D eigenvalue weighted by molar-refractivity contribution is 0.0343. The third-order valence-electron chi connectivity index (χ3n) is 5.12. The largest absolute Gasteiger partial charge is 0.497 e. The van der Waals surface area contributed by atoms with Crippen LogP contribution in [0.1, 0.15) is 22.3 Å². The predicted molar refractivity (Wildman–Crippen MR) is 97.3 cm³/mol. The van der Waals surface area contributed by atoms with Gasteiger partial charge in [-0.15, -0.1) is 0 Å². The molecule has 2 aliphatic heterocycles. The van der Waals surface area contributed by atoms with E-state index in [1.165, 1.54) is 0 Å². The molecular weight excluding hydrogens is 318 g/mol. The first-order valence-electron chi connectivity index (χ1n) is 9.13. The van der Waals surface area contributed by atoms with Crippen LogP contribution in [0.5, 0.6) is 5.75 Å². The number of hydrogen-bond acceptors (Lipinski definition) is 5. The number of carbonyl (C=O) groups is 1. The van der Waals surface area contributed by atoms with Crippen molar-refractivity contribution in [1.82, 2.24) is 15.1 Å². The van der Waals surface area contributed by atoms with Crippen LogP contribution in [0.25, 0.3) is 0 Å². The molecule has 1 unspecified atom stereocenters. The van der Waals surface area contributed by atoms with E-state index in [4.69, 9.17) is 9.47 Å². The van der Waals surface area contributed by atoms with Gasteiger partial charge in [0.2, 0.25) is 0 Å². The zero-order chi connectivity index (χ0) is 17.6. The lowest BCUT2D eigenvalue weighted by Gasteiger charge is -2.28. The molecule has 0 bridgehead atoms. The van der Waals surface area contributed by atoms with Crippen molar-refractivity contribution < 1.29 is 14.3 Å². The van der Waals surface area contributed by atoms with Crippen LogP contribution in [0.4, 0.5) is 0 Å². The number of carbonyl (C=O) groups excluding carboxylic acids is 1. The fourth-order valence-electron chi connectivity index (χ4n) is 3.54. The summed E-state index contributed by atoms with van der Waals surface area (Å²) in [5, 5.41) is 3.19. The Morgan fingerprint density at radius 2 is 2.00 bits per heavy atom. The molecule has 1 aromatic rings. The van der Waals surface area contributed by atoms with E-state index in [9.17, 15) is 4.79 Å². The van der Waals surface area contributed by atoms with Crippen molar-refractivity contribution in [3.05, 3.63) is 29.3 Å². The van der Waals surface area contributed by atoms with Crippen LogP contribution in [0.15, 0.2) is 18.2 Å². The van der Waals surface area contributed by atoms with Crippen molar-refractivity contribution in [2.45, 2.75) is 19.4 Å². The van der Waals surface area contributed by atoms with Gasteiger partial charge in [-0.3, -0.25) is 14.6 Å². The summed E-state index contributed by atoms with van der Waals surface area (Å²) in [6.45, 7) is 9.84. The Morgan fingerprint density at radius 3 is 2.72 bits per heavy atom. The number of hydrogen-bond donors (Lipinski definition) is 1. The highest BCUT2D eigenvalue weighted by molar-refractivity contribution is 5.96. The first-order chi connectivity index (χ1) is 12.2. The average molecular weight is 347 g/mol. The van der Waals surface area contributed by atoms with Crippen LogP contribution in [0.2, 0.25) is 0 Å². The second-order valence-corrected chi connectivity index (χ2v) is 6.89. The molecule has 3 rings (SSSR count). The number of aryl methyl sites for hydroxylation is 1. The minimum atomic E-state index is 0.0141. The molecule has 25 heavy (non-hydrogen) atoms. The van der Waals surface area contributed by atoms with E-state index >= 15 is 0 Å². The lowest BCUT2D eigenvalue weighted by atomic mass is 10.1. The Labute approximate surface area is 150 Å². The van der Waals surface area contributed by atoms with Crippen molar-refractivity contribution in [1.29, 1.82) is 0 Å². The SMILES string of the molecule is COc1ccc(C(=O)NC2CCN(CCN3CCOCC3)C2)c(C)c1. The van der Waals surface area contributed by atoms with E-state index in [1.807, 2.05) is 25.1 Å². The second-order valence-electron chi connectivity index (χ2n) is 6.89. The van der Waals surface area contributed by atoms with E-state index in [0.717, 1.165) is 75.8 Å². The highest BCUT2D eigenvalue weighted by atomic mass is 16.5. The normalized spacial score (nSPS) is 22.1. The molecule has 2 fully saturated rings. The van der Waals surface area contributed by atoms with Gasteiger partial charge < -0.3 is 14.8 Å². The quantitative estimate of drug-likeness (QED) is 0.836. The Balaban J connectivity index is 1.45. The summed E-state index contributed by atoms with van der Waals surface area (Å²) in [4.78, 5) is 17.4. The summed E-state index contributed by atoms with van der Waals surface area (Å²) in [5.74, 6) is 0.796. The maximum Gasteiger partial charge on any atom is 0.251 e. The Morgan fingerprint density at radius 1 is 1.24 bits per heavy atom. The van der Waals surface area contributed by atoms with Gasteiger partial charge in [0.15, 0.2) is 0 Å². The van der Waals surface area contributed by atoms with Crippen LogP contribution in [-0.2, 0) is 4.74 Å². The molecule has 1 amide bonds. The summed E-state index contributed by atoms with van der Waals surface area (Å²) in [7, 11) is 1.64. The molecule has 2 heterocycles. The highest BCUT2D eigenvalue weighted by Crippen LogP contribution is 2.18. The molecule has 0 aliphatic carbocycles. The van der Waals surface area contributed by atoms with Crippen LogP contribution in [-0.4, -0.2) is 81.3 Å². The van der Waals surface area contributed by atoms with Crippen molar-refractivity contribution in [2.75, 3.05) is 59.6 Å². The zero-order valence-corrected chi connectivity index (χ0v) is 15.3. The third-order valence-corrected chi connectivity index (χ3v) is 5.12. The van der Waals surface area contributed by atoms with E-state index in [1.54, 1.807) is 7.11 Å². The number of ether oxygens (including phenoxy) is 2. The van der Waals surface area contributed by atoms with Crippen molar-refractivity contribution in [3.8, 4) is 5.75 Å². The average Bonchev–Trinajstić information content (AvgIpc) is 3.08. The van der Waals surface area contributed by atoms with Crippen molar-refractivity contribution >= 4 is 5.91 Å². The molecule has 2 aliphatic rings. The number of nitrogens with zero attached hydrogens (tertiary/aromatic N) is 2. The molecule has 1 aromatic carbocycles. The van der Waals surface area contributed by atoms with Crippen LogP contribution >= 0.6 is 0 Å². The standard InChI is InChI=1S/C19H29N3O3/c1-15-13-17(24-2)3-4-18(15)19(23)20-16-5-6-22(14-16)8-7-21-9-11-25-12-10-21/h3-4,13,16H,5-12,14H2,1-2H3,(H,20,23). The summed E-state index contributed by atoms with van der Waals surface area (Å²) < 4.78 is 10.6. The first-order valence-corrected chi connectivity index (χ1v) is 9.13. The number of benzene rings is 1. The van der Waals surface area contributed by atoms with Gasteiger partial charge in [0, 0.05) is 50.9 Å². The van der Waals surface area contributed by atoms with Gasteiger partial charge in [-0.2, -0.15) is 0 Å². The van der Waals surface area contributed by atoms with Crippen LogP contribution < -0.4 is 10.1 Å². The maximum atomic E-state index is 12.5. The monoisotopic (exact) mass is 347 g/mol. The van der Waals surface area contributed by atoms with Gasteiger partial charge >= 0.3 is 0 Å². The van der Waals surface area contributed by atoms with Gasteiger partial charge in [-0.1, -0.05) is 0 Å². The molecule has 0 aromatic heterocycles. The fraction of sp³-hybridized carbons (Fsp3) is 0.632. The van der Waals surface area contributed by atoms with Crippen molar-refractivity contribution in [3.63, 3.8) is 0 Å². The second kappa shape index (κ2) is 8.65. The topological polar surface area (TPSA) is 54.0 Å². The minimum Gasteiger partial charge on any atom is -0.497 e. The number of rotatable bonds is 6. The Kier molecular flexibility index (Phi) is 6.29. The zero-order valence-electron chi connectivity index (χ0n) is 15.3. The van der Waals surface area contributed by atoms with Gasteiger partial charge in [0.1, 0.15) is 5.75 Å². The predicted octanol–water partition coefficient (Wildman–Crippen LogP) is 1.14. The molecule has 1 atom stereocenters. The Bertz CT molecular complexity index is 587. The minimum absolute atomic E-state index is 0.0141. The number of likely N-dealkylation sites (tertiary alicyclic amines) is 1. The van der Waals surface area contributed by atoms with E-state index in [-0.39, 0.29) is 11.9 Å². The Hall–Kier alpha value is -1.63. The molecule has 0 spiro atoms. The van der Waals surface area contributed by atoms with Gasteiger partial charge in [-0.05, 0) is 37.1 Å². The summed E-state index contributed by atoms with van der Waals surface area (Å²) in [6, 6.07) is 5.82. The first kappa shape index (κ1) is 18.2. The number of amides is 1. The van der Waals surface area contributed by atoms with E-state index in [2.05, 4.69) is 15.1 Å². The van der Waals surface area contributed by atoms with Gasteiger partial charge in [-0.25, -0.2) is 0 Å². The lowest BCUT2D eigenvalue weighted by Crippen LogP contribution is -2.42. The molecule has 6 heteroatoms. The smallest absolute Gasteiger partial charge is 0.251 e. The van der Waals surface area contributed by atoms with E-state index in [0.29, 0.717) is 0 Å². The van der Waals surface area contributed by atoms with Crippen molar-refractivity contribution in [2.24, 2.45) is 0 Å². The number of morpholine rings is 1. The molecule has 0 saturated carbocycles. The third kappa shape index (κ3) is 4.93. The molecular formula is C19H29N3O3. The summed E-state index contributed by atoms with van der Waals surface area (Å²) in [5.41, 5.74) is 1.67. The van der Waals surface area contributed by atoms with Crippen LogP contribution in [0, 0.1) is 6.92 Å². The van der Waals surface area contributed by atoms with E-state index < -0.39 is 0 Å².